The van der Waals surface area contributed by atoms with Gasteiger partial charge < -0.3 is 14.6 Å². The van der Waals surface area contributed by atoms with E-state index in [4.69, 9.17) is 14.6 Å². The van der Waals surface area contributed by atoms with Crippen molar-refractivity contribution < 1.29 is 27.8 Å². The maximum atomic E-state index is 12.9. The van der Waals surface area contributed by atoms with Crippen molar-refractivity contribution in [2.75, 3.05) is 6.61 Å². The van der Waals surface area contributed by atoms with Crippen LogP contribution < -0.4 is 9.47 Å². The van der Waals surface area contributed by atoms with Crippen molar-refractivity contribution in [2.45, 2.75) is 25.6 Å². The summed E-state index contributed by atoms with van der Waals surface area (Å²) in [6.45, 7) is 1.65. The largest absolute Gasteiger partial charge is 0.487 e. The Labute approximate surface area is 132 Å². The second kappa shape index (κ2) is 7.37. The first-order chi connectivity index (χ1) is 10.9. The SMILES string of the molecule is C[C@H](CCO)Oc1ccc(C(F)(F)F)cc1Oc1ccccc1. The zero-order valence-electron chi connectivity index (χ0n) is 12.5. The van der Waals surface area contributed by atoms with Gasteiger partial charge in [-0.05, 0) is 37.3 Å². The van der Waals surface area contributed by atoms with Gasteiger partial charge in [-0.1, -0.05) is 18.2 Å². The number of aliphatic hydroxyl groups is 1. The molecule has 0 heterocycles. The first kappa shape index (κ1) is 17.1. The third kappa shape index (κ3) is 4.89. The summed E-state index contributed by atoms with van der Waals surface area (Å²) in [5.74, 6) is 0.588. The molecule has 0 aromatic heterocycles. The molecule has 0 aliphatic heterocycles. The zero-order valence-corrected chi connectivity index (χ0v) is 12.5. The lowest BCUT2D eigenvalue weighted by Gasteiger charge is -2.18. The Bertz CT molecular complexity index is 627. The maximum Gasteiger partial charge on any atom is 0.416 e. The second-order valence-corrected chi connectivity index (χ2v) is 5.02. The van der Waals surface area contributed by atoms with Crippen molar-refractivity contribution in [3.63, 3.8) is 0 Å². The fourth-order valence-corrected chi connectivity index (χ4v) is 1.93. The van der Waals surface area contributed by atoms with E-state index in [1.165, 1.54) is 6.07 Å². The Balaban J connectivity index is 2.33. The number of rotatable bonds is 6. The summed E-state index contributed by atoms with van der Waals surface area (Å²) in [5, 5.41) is 8.91. The minimum Gasteiger partial charge on any atom is -0.487 e. The number of hydrogen-bond donors (Lipinski definition) is 1. The molecule has 3 nitrogen and oxygen atoms in total. The molecule has 23 heavy (non-hydrogen) atoms. The van der Waals surface area contributed by atoms with Crippen molar-refractivity contribution in [3.8, 4) is 17.2 Å². The molecule has 0 saturated heterocycles. The highest BCUT2D eigenvalue weighted by Crippen LogP contribution is 2.38. The lowest BCUT2D eigenvalue weighted by atomic mass is 10.2. The van der Waals surface area contributed by atoms with Gasteiger partial charge in [-0.2, -0.15) is 13.2 Å². The van der Waals surface area contributed by atoms with E-state index in [2.05, 4.69) is 0 Å². The molecule has 0 spiro atoms. The van der Waals surface area contributed by atoms with Crippen LogP contribution in [0.3, 0.4) is 0 Å². The van der Waals surface area contributed by atoms with Gasteiger partial charge in [0.25, 0.3) is 0 Å². The van der Waals surface area contributed by atoms with Crippen LogP contribution in [0.2, 0.25) is 0 Å². The average Bonchev–Trinajstić information content (AvgIpc) is 2.49. The van der Waals surface area contributed by atoms with Crippen LogP contribution >= 0.6 is 0 Å². The highest BCUT2D eigenvalue weighted by Gasteiger charge is 2.31. The van der Waals surface area contributed by atoms with Crippen LogP contribution in [0.5, 0.6) is 17.2 Å². The van der Waals surface area contributed by atoms with Gasteiger partial charge in [-0.3, -0.25) is 0 Å². The standard InChI is InChI=1S/C17H17F3O3/c1-12(9-10-21)22-15-8-7-13(17(18,19)20)11-16(15)23-14-5-3-2-4-6-14/h2-8,11-12,21H,9-10H2,1H3/t12-/m1/s1. The minimum absolute atomic E-state index is 0.0178. The summed E-state index contributed by atoms with van der Waals surface area (Å²) in [6.07, 6.45) is -4.45. The van der Waals surface area contributed by atoms with Gasteiger partial charge in [0.15, 0.2) is 11.5 Å². The number of hydrogen-bond acceptors (Lipinski definition) is 3. The average molecular weight is 326 g/mol. The van der Waals surface area contributed by atoms with Crippen LogP contribution in [0.4, 0.5) is 13.2 Å². The molecule has 0 bridgehead atoms. The van der Waals surface area contributed by atoms with Crippen LogP contribution in [0.1, 0.15) is 18.9 Å². The fourth-order valence-electron chi connectivity index (χ4n) is 1.93. The van der Waals surface area contributed by atoms with Crippen molar-refractivity contribution >= 4 is 0 Å². The van der Waals surface area contributed by atoms with Crippen LogP contribution in [-0.2, 0) is 6.18 Å². The smallest absolute Gasteiger partial charge is 0.416 e. The first-order valence-electron chi connectivity index (χ1n) is 7.12. The van der Waals surface area contributed by atoms with E-state index in [9.17, 15) is 13.2 Å². The van der Waals surface area contributed by atoms with Gasteiger partial charge in [0.05, 0.1) is 11.7 Å². The number of alkyl halides is 3. The van der Waals surface area contributed by atoms with E-state index in [1.54, 1.807) is 37.3 Å². The third-order valence-electron chi connectivity index (χ3n) is 3.11. The molecule has 1 atom stereocenters. The number of benzene rings is 2. The number of ether oxygens (including phenoxy) is 2. The molecule has 0 amide bonds. The Morgan fingerprint density at radius 2 is 1.74 bits per heavy atom. The van der Waals surface area contributed by atoms with Crippen molar-refractivity contribution in [1.82, 2.24) is 0 Å². The lowest BCUT2D eigenvalue weighted by molar-refractivity contribution is -0.137. The Hall–Kier alpha value is -2.21. The Kier molecular flexibility index (Phi) is 5.50. The van der Waals surface area contributed by atoms with Crippen LogP contribution in [0.15, 0.2) is 48.5 Å². The normalized spacial score (nSPS) is 12.7. The van der Waals surface area contributed by atoms with Gasteiger partial charge in [0.2, 0.25) is 0 Å². The van der Waals surface area contributed by atoms with Gasteiger partial charge in [-0.25, -0.2) is 0 Å². The number of aliphatic hydroxyl groups excluding tert-OH is 1. The predicted octanol–water partition coefficient (Wildman–Crippen LogP) is 4.65. The van der Waals surface area contributed by atoms with Crippen molar-refractivity contribution in [3.05, 3.63) is 54.1 Å². The number of halogens is 3. The predicted molar refractivity (Wildman–Crippen MR) is 79.8 cm³/mol. The summed E-state index contributed by atoms with van der Waals surface area (Å²) < 4.78 is 49.8. The van der Waals surface area contributed by atoms with E-state index >= 15 is 0 Å². The highest BCUT2D eigenvalue weighted by molar-refractivity contribution is 5.46. The summed E-state index contributed by atoms with van der Waals surface area (Å²) >= 11 is 0. The van der Waals surface area contributed by atoms with Gasteiger partial charge in [0, 0.05) is 13.0 Å². The van der Waals surface area contributed by atoms with E-state index < -0.39 is 11.7 Å². The molecule has 0 aliphatic rings. The van der Waals surface area contributed by atoms with Crippen LogP contribution in [-0.4, -0.2) is 17.8 Å². The molecule has 0 radical (unpaired) electrons. The third-order valence-corrected chi connectivity index (χ3v) is 3.11. The molecular weight excluding hydrogens is 309 g/mol. The van der Waals surface area contributed by atoms with Gasteiger partial charge in [0.1, 0.15) is 5.75 Å². The molecule has 2 rings (SSSR count). The minimum atomic E-state index is -4.47. The van der Waals surface area contributed by atoms with E-state index in [-0.39, 0.29) is 24.2 Å². The lowest BCUT2D eigenvalue weighted by Crippen LogP contribution is -2.14. The summed E-state index contributed by atoms with van der Waals surface area (Å²) in [5.41, 5.74) is -0.814. The Morgan fingerprint density at radius 3 is 2.35 bits per heavy atom. The van der Waals surface area contributed by atoms with E-state index in [1.807, 2.05) is 0 Å². The summed E-state index contributed by atoms with van der Waals surface area (Å²) in [7, 11) is 0. The van der Waals surface area contributed by atoms with Crippen LogP contribution in [0, 0.1) is 0 Å². The van der Waals surface area contributed by atoms with Crippen LogP contribution in [0.25, 0.3) is 0 Å². The molecule has 2 aromatic carbocycles. The first-order valence-corrected chi connectivity index (χ1v) is 7.12. The maximum absolute atomic E-state index is 12.9. The van der Waals surface area contributed by atoms with E-state index in [0.717, 1.165) is 12.1 Å². The topological polar surface area (TPSA) is 38.7 Å². The Morgan fingerprint density at radius 1 is 1.04 bits per heavy atom. The number of para-hydroxylation sites is 1. The molecule has 1 N–H and O–H groups in total. The molecule has 2 aromatic rings. The zero-order chi connectivity index (χ0) is 16.9. The molecule has 0 unspecified atom stereocenters. The summed E-state index contributed by atoms with van der Waals surface area (Å²) in [6, 6.07) is 11.6. The monoisotopic (exact) mass is 326 g/mol. The fraction of sp³-hybridized carbons (Fsp3) is 0.294. The van der Waals surface area contributed by atoms with E-state index in [0.29, 0.717) is 12.2 Å². The van der Waals surface area contributed by atoms with Gasteiger partial charge >= 0.3 is 6.18 Å². The highest BCUT2D eigenvalue weighted by atomic mass is 19.4. The second-order valence-electron chi connectivity index (χ2n) is 5.02. The molecule has 6 heteroatoms. The molecule has 0 aliphatic carbocycles. The molecular formula is C17H17F3O3. The molecule has 0 fully saturated rings. The van der Waals surface area contributed by atoms with Crippen molar-refractivity contribution in [1.29, 1.82) is 0 Å². The molecule has 0 saturated carbocycles. The summed E-state index contributed by atoms with van der Waals surface area (Å²) in [4.78, 5) is 0. The van der Waals surface area contributed by atoms with Crippen molar-refractivity contribution in [2.24, 2.45) is 0 Å². The molecule has 124 valence electrons. The van der Waals surface area contributed by atoms with Gasteiger partial charge in [-0.15, -0.1) is 0 Å². The quantitative estimate of drug-likeness (QED) is 0.840.